The second kappa shape index (κ2) is 10.7. The quantitative estimate of drug-likeness (QED) is 0.301. The van der Waals surface area contributed by atoms with E-state index in [1.54, 1.807) is 31.2 Å². The third kappa shape index (κ3) is 6.14. The molecule has 0 unspecified atom stereocenters. The van der Waals surface area contributed by atoms with Gasteiger partial charge in [-0.15, -0.1) is 5.10 Å². The Kier molecular flexibility index (Phi) is 8.05. The number of nitrogens with two attached hydrogens (primary N) is 1. The summed E-state index contributed by atoms with van der Waals surface area (Å²) in [6.07, 6.45) is 0.881. The van der Waals surface area contributed by atoms with Crippen LogP contribution in [0.3, 0.4) is 0 Å². The van der Waals surface area contributed by atoms with Crippen LogP contribution < -0.4 is 11.4 Å². The van der Waals surface area contributed by atoms with Gasteiger partial charge in [-0.25, -0.2) is 9.36 Å². The molecule has 0 aliphatic heterocycles. The fraction of sp³-hybridized carbons (Fsp3) is 0.227. The summed E-state index contributed by atoms with van der Waals surface area (Å²) in [5, 5.41) is 19.2. The Morgan fingerprint density at radius 3 is 2.12 bits per heavy atom. The summed E-state index contributed by atoms with van der Waals surface area (Å²) < 4.78 is 7.47. The second-order valence-electron chi connectivity index (χ2n) is 6.80. The maximum absolute atomic E-state index is 12.9. The van der Waals surface area contributed by atoms with E-state index in [-0.39, 0.29) is 17.5 Å². The van der Waals surface area contributed by atoms with Crippen molar-refractivity contribution in [2.75, 3.05) is 7.11 Å². The fourth-order valence-corrected chi connectivity index (χ4v) is 2.87. The highest BCUT2D eigenvalue weighted by Crippen LogP contribution is 2.13. The van der Waals surface area contributed by atoms with Gasteiger partial charge in [-0.2, -0.15) is 4.68 Å². The second-order valence-corrected chi connectivity index (χ2v) is 6.80. The summed E-state index contributed by atoms with van der Waals surface area (Å²) in [7, 11) is 1.37. The summed E-state index contributed by atoms with van der Waals surface area (Å²) in [5.41, 5.74) is 8.01. The van der Waals surface area contributed by atoms with Gasteiger partial charge in [0, 0.05) is 18.9 Å². The number of ether oxygens (including phenoxy) is 1. The Hall–Kier alpha value is -4.21. The molecule has 4 N–H and O–H groups in total. The zero-order valence-electron chi connectivity index (χ0n) is 18.0. The first kappa shape index (κ1) is 24.1. The summed E-state index contributed by atoms with van der Waals surface area (Å²) in [5.74, 6) is -0.580. The van der Waals surface area contributed by atoms with Crippen molar-refractivity contribution >= 4 is 17.8 Å². The molecule has 0 aliphatic carbocycles. The molecule has 0 atom stereocenters. The van der Waals surface area contributed by atoms with Crippen LogP contribution in [0.4, 0.5) is 0 Å². The number of aromatic nitrogens is 3. The molecular formula is C22H25N5O5. The molecule has 0 bridgehead atoms. The van der Waals surface area contributed by atoms with E-state index in [1.807, 2.05) is 24.3 Å². The standard InChI is InChI=1S/C20H21N5O3.C2H4O2/c1-13-23-25(17-10-6-15(7-11-17)19(21)22)20(27)24(13)16-8-3-14(4-9-16)5-12-18(26)28-2;1-2(3)4/h3-4,6-11H,5,12H2,1-2H3,(H3,21,22);1H3,(H,3,4). The highest BCUT2D eigenvalue weighted by molar-refractivity contribution is 5.95. The number of nitrogen functional groups attached to an aromatic ring is 1. The lowest BCUT2D eigenvalue weighted by molar-refractivity contribution is -0.140. The van der Waals surface area contributed by atoms with Crippen molar-refractivity contribution in [2.24, 2.45) is 5.73 Å². The number of hydrogen-bond donors (Lipinski definition) is 3. The molecule has 0 amide bonds. The molecule has 0 radical (unpaired) electrons. The van der Waals surface area contributed by atoms with Gasteiger partial charge >= 0.3 is 11.7 Å². The first-order valence-corrected chi connectivity index (χ1v) is 9.63. The van der Waals surface area contributed by atoms with Crippen molar-refractivity contribution in [3.63, 3.8) is 0 Å². The molecule has 1 aromatic heterocycles. The van der Waals surface area contributed by atoms with E-state index in [4.69, 9.17) is 21.0 Å². The molecule has 10 nitrogen and oxygen atoms in total. The fourth-order valence-electron chi connectivity index (χ4n) is 2.87. The van der Waals surface area contributed by atoms with E-state index >= 15 is 0 Å². The van der Waals surface area contributed by atoms with E-state index in [1.165, 1.54) is 16.4 Å². The maximum Gasteiger partial charge on any atom is 0.355 e. The van der Waals surface area contributed by atoms with Crippen LogP contribution in [-0.4, -0.2) is 44.3 Å². The van der Waals surface area contributed by atoms with Gasteiger partial charge in [0.15, 0.2) is 0 Å². The molecule has 0 saturated carbocycles. The minimum absolute atomic E-state index is 0.0344. The van der Waals surface area contributed by atoms with E-state index < -0.39 is 5.97 Å². The van der Waals surface area contributed by atoms with Gasteiger partial charge in [0.25, 0.3) is 5.97 Å². The number of carbonyl (C=O) groups is 2. The van der Waals surface area contributed by atoms with Gasteiger partial charge in [-0.3, -0.25) is 15.0 Å². The van der Waals surface area contributed by atoms with Gasteiger partial charge in [-0.05, 0) is 55.3 Å². The molecule has 10 heteroatoms. The summed E-state index contributed by atoms with van der Waals surface area (Å²) in [6.45, 7) is 2.84. The van der Waals surface area contributed by atoms with Gasteiger partial charge in [0.05, 0.1) is 18.5 Å². The van der Waals surface area contributed by atoms with E-state index in [0.29, 0.717) is 35.6 Å². The van der Waals surface area contributed by atoms with Crippen LogP contribution in [0.25, 0.3) is 11.4 Å². The molecule has 2 aromatic carbocycles. The lowest BCUT2D eigenvalue weighted by atomic mass is 10.1. The number of carboxylic acids is 1. The lowest BCUT2D eigenvalue weighted by Gasteiger charge is -2.05. The van der Waals surface area contributed by atoms with Crippen molar-refractivity contribution < 1.29 is 19.4 Å². The Morgan fingerprint density at radius 2 is 1.62 bits per heavy atom. The molecule has 0 saturated heterocycles. The van der Waals surface area contributed by atoms with E-state index in [9.17, 15) is 9.59 Å². The first-order valence-electron chi connectivity index (χ1n) is 9.63. The number of carboxylic acid groups (broad SMARTS) is 1. The molecule has 0 fully saturated rings. The SMILES string of the molecule is CC(=O)O.COC(=O)CCc1ccc(-n2c(C)nn(-c3ccc(C(=N)N)cc3)c2=O)cc1. The van der Waals surface area contributed by atoms with Crippen molar-refractivity contribution in [3.05, 3.63) is 76.0 Å². The number of amidine groups is 1. The van der Waals surface area contributed by atoms with Crippen LogP contribution in [0.15, 0.2) is 53.3 Å². The number of aryl methyl sites for hydroxylation is 2. The van der Waals surface area contributed by atoms with Crippen LogP contribution >= 0.6 is 0 Å². The molecule has 32 heavy (non-hydrogen) atoms. The van der Waals surface area contributed by atoms with Gasteiger partial charge < -0.3 is 15.6 Å². The number of benzene rings is 2. The van der Waals surface area contributed by atoms with Crippen molar-refractivity contribution in [3.8, 4) is 11.4 Å². The molecule has 0 aliphatic rings. The van der Waals surface area contributed by atoms with Crippen LogP contribution in [0, 0.1) is 12.3 Å². The third-order valence-corrected chi connectivity index (χ3v) is 4.40. The van der Waals surface area contributed by atoms with Crippen molar-refractivity contribution in [1.29, 1.82) is 5.41 Å². The highest BCUT2D eigenvalue weighted by Gasteiger charge is 2.13. The number of aliphatic carboxylic acids is 1. The number of esters is 1. The average Bonchev–Trinajstić information content (AvgIpc) is 3.06. The first-order chi connectivity index (χ1) is 15.1. The molecule has 3 aromatic rings. The average molecular weight is 439 g/mol. The highest BCUT2D eigenvalue weighted by atomic mass is 16.5. The molecule has 1 heterocycles. The number of methoxy groups -OCH3 is 1. The van der Waals surface area contributed by atoms with Crippen LogP contribution in [-0.2, 0) is 20.7 Å². The normalized spacial score (nSPS) is 10.1. The molecule has 3 rings (SSSR count). The Morgan fingerprint density at radius 1 is 1.09 bits per heavy atom. The van der Waals surface area contributed by atoms with Crippen molar-refractivity contribution in [1.82, 2.24) is 14.3 Å². The Labute approximate surface area is 184 Å². The number of carbonyl (C=O) groups excluding carboxylic acids is 1. The number of hydrogen-bond acceptors (Lipinski definition) is 6. The number of nitrogens with zero attached hydrogens (tertiary/aromatic N) is 3. The smallest absolute Gasteiger partial charge is 0.355 e. The summed E-state index contributed by atoms with van der Waals surface area (Å²) >= 11 is 0. The van der Waals surface area contributed by atoms with E-state index in [2.05, 4.69) is 9.84 Å². The minimum atomic E-state index is -0.833. The summed E-state index contributed by atoms with van der Waals surface area (Å²) in [4.78, 5) is 33.1. The van der Waals surface area contributed by atoms with Crippen LogP contribution in [0.1, 0.15) is 30.3 Å². The maximum atomic E-state index is 12.9. The largest absolute Gasteiger partial charge is 0.481 e. The zero-order valence-corrected chi connectivity index (χ0v) is 18.0. The van der Waals surface area contributed by atoms with Gasteiger partial charge in [0.1, 0.15) is 11.7 Å². The Bertz CT molecular complexity index is 1160. The zero-order chi connectivity index (χ0) is 23.8. The van der Waals surface area contributed by atoms with Crippen LogP contribution in [0.5, 0.6) is 0 Å². The van der Waals surface area contributed by atoms with Crippen molar-refractivity contribution in [2.45, 2.75) is 26.7 Å². The predicted molar refractivity (Wildman–Crippen MR) is 119 cm³/mol. The third-order valence-electron chi connectivity index (χ3n) is 4.40. The minimum Gasteiger partial charge on any atom is -0.481 e. The summed E-state index contributed by atoms with van der Waals surface area (Å²) in [6, 6.07) is 14.2. The number of rotatable bonds is 6. The topological polar surface area (TPSA) is 153 Å². The van der Waals surface area contributed by atoms with Gasteiger partial charge in [0.2, 0.25) is 0 Å². The molecule has 0 spiro atoms. The van der Waals surface area contributed by atoms with E-state index in [0.717, 1.165) is 12.5 Å². The Balaban J connectivity index is 0.000000837. The molecule has 168 valence electrons. The predicted octanol–water partition coefficient (Wildman–Crippen LogP) is 1.81. The number of nitrogens with one attached hydrogen (secondary N) is 1. The lowest BCUT2D eigenvalue weighted by Crippen LogP contribution is -2.23. The van der Waals surface area contributed by atoms with Gasteiger partial charge in [-0.1, -0.05) is 12.1 Å². The molecular weight excluding hydrogens is 414 g/mol. The van der Waals surface area contributed by atoms with Crippen LogP contribution in [0.2, 0.25) is 0 Å². The monoisotopic (exact) mass is 439 g/mol.